The lowest BCUT2D eigenvalue weighted by Crippen LogP contribution is -2.23. The van der Waals surface area contributed by atoms with E-state index in [-0.39, 0.29) is 23.6 Å². The van der Waals surface area contributed by atoms with Gasteiger partial charge in [0.25, 0.3) is 0 Å². The zero-order chi connectivity index (χ0) is 20.1. The number of carbonyl (C=O) groups is 1. The molecule has 3 aromatic rings. The quantitative estimate of drug-likeness (QED) is 0.611. The fourth-order valence-corrected chi connectivity index (χ4v) is 3.63. The van der Waals surface area contributed by atoms with Crippen LogP contribution < -0.4 is 4.72 Å². The lowest BCUT2D eigenvalue weighted by molar-refractivity contribution is 0.0466. The first kappa shape index (κ1) is 19.8. The standard InChI is InChI=1S/C20H20N2O5S/c1-3-21-28(24,25)17-11-7-10-16(12-17)20(23)26-13-18-14(2)27-19(22-18)15-8-5-4-6-9-15/h4-12,21H,3,13H2,1-2H3. The highest BCUT2D eigenvalue weighted by Crippen LogP contribution is 2.22. The van der Waals surface area contributed by atoms with E-state index in [1.165, 1.54) is 24.3 Å². The molecule has 146 valence electrons. The molecule has 1 N–H and O–H groups in total. The summed E-state index contributed by atoms with van der Waals surface area (Å²) in [7, 11) is -3.65. The minimum Gasteiger partial charge on any atom is -0.455 e. The van der Waals surface area contributed by atoms with E-state index in [4.69, 9.17) is 9.15 Å². The van der Waals surface area contributed by atoms with Crippen LogP contribution in [0.4, 0.5) is 0 Å². The van der Waals surface area contributed by atoms with Gasteiger partial charge in [0.2, 0.25) is 15.9 Å². The smallest absolute Gasteiger partial charge is 0.338 e. The Hall–Kier alpha value is -2.97. The number of nitrogens with one attached hydrogen (secondary N) is 1. The highest BCUT2D eigenvalue weighted by Gasteiger charge is 2.17. The summed E-state index contributed by atoms with van der Waals surface area (Å²) in [6.45, 7) is 3.60. The predicted octanol–water partition coefficient (Wildman–Crippen LogP) is 3.31. The summed E-state index contributed by atoms with van der Waals surface area (Å²) in [6.07, 6.45) is 0. The van der Waals surface area contributed by atoms with Crippen molar-refractivity contribution in [2.45, 2.75) is 25.3 Å². The summed E-state index contributed by atoms with van der Waals surface area (Å²) >= 11 is 0. The van der Waals surface area contributed by atoms with Gasteiger partial charge in [-0.25, -0.2) is 22.9 Å². The van der Waals surface area contributed by atoms with E-state index in [0.717, 1.165) is 5.56 Å². The molecule has 0 amide bonds. The van der Waals surface area contributed by atoms with Gasteiger partial charge in [0.15, 0.2) is 0 Å². The number of hydrogen-bond donors (Lipinski definition) is 1. The first-order valence-corrected chi connectivity index (χ1v) is 10.2. The van der Waals surface area contributed by atoms with Crippen LogP contribution in [-0.4, -0.2) is 25.9 Å². The van der Waals surface area contributed by atoms with E-state index in [9.17, 15) is 13.2 Å². The van der Waals surface area contributed by atoms with Crippen LogP contribution in [0.15, 0.2) is 63.9 Å². The number of hydrogen-bond acceptors (Lipinski definition) is 6. The Bertz CT molecular complexity index is 1070. The largest absolute Gasteiger partial charge is 0.455 e. The number of aromatic nitrogens is 1. The predicted molar refractivity (Wildman–Crippen MR) is 103 cm³/mol. The van der Waals surface area contributed by atoms with Gasteiger partial charge in [-0.1, -0.05) is 31.2 Å². The molecule has 1 heterocycles. The molecular formula is C20H20N2O5S. The number of rotatable bonds is 7. The van der Waals surface area contributed by atoms with Crippen LogP contribution in [-0.2, 0) is 21.4 Å². The maximum Gasteiger partial charge on any atom is 0.338 e. The van der Waals surface area contributed by atoms with Crippen LogP contribution in [0.2, 0.25) is 0 Å². The van der Waals surface area contributed by atoms with Gasteiger partial charge in [-0.05, 0) is 37.3 Å². The summed E-state index contributed by atoms with van der Waals surface area (Å²) in [5.74, 6) is 0.357. The van der Waals surface area contributed by atoms with Gasteiger partial charge in [-0.3, -0.25) is 0 Å². The number of oxazole rings is 1. The number of ether oxygens (including phenoxy) is 1. The van der Waals surface area contributed by atoms with Crippen molar-refractivity contribution >= 4 is 16.0 Å². The molecule has 8 heteroatoms. The van der Waals surface area contributed by atoms with Gasteiger partial charge in [-0.2, -0.15) is 0 Å². The number of sulfonamides is 1. The summed E-state index contributed by atoms with van der Waals surface area (Å²) in [6, 6.07) is 15.1. The van der Waals surface area contributed by atoms with Crippen molar-refractivity contribution in [3.05, 3.63) is 71.6 Å². The molecule has 2 aromatic carbocycles. The van der Waals surface area contributed by atoms with Crippen LogP contribution in [0.3, 0.4) is 0 Å². The fraction of sp³-hybridized carbons (Fsp3) is 0.200. The molecule has 0 radical (unpaired) electrons. The molecule has 0 aliphatic carbocycles. The molecular weight excluding hydrogens is 380 g/mol. The van der Waals surface area contributed by atoms with Gasteiger partial charge >= 0.3 is 5.97 Å². The highest BCUT2D eigenvalue weighted by atomic mass is 32.2. The van der Waals surface area contributed by atoms with E-state index in [2.05, 4.69) is 9.71 Å². The molecule has 0 aliphatic heterocycles. The third kappa shape index (κ3) is 4.47. The average molecular weight is 400 g/mol. The van der Waals surface area contributed by atoms with Crippen LogP contribution in [0.5, 0.6) is 0 Å². The molecule has 0 unspecified atom stereocenters. The number of aryl methyl sites for hydroxylation is 1. The van der Waals surface area contributed by atoms with E-state index < -0.39 is 16.0 Å². The summed E-state index contributed by atoms with van der Waals surface area (Å²) in [5.41, 5.74) is 1.47. The lowest BCUT2D eigenvalue weighted by atomic mass is 10.2. The molecule has 0 spiro atoms. The molecule has 0 aliphatic rings. The number of esters is 1. The van der Waals surface area contributed by atoms with Crippen molar-refractivity contribution in [2.75, 3.05) is 6.54 Å². The van der Waals surface area contributed by atoms with Crippen molar-refractivity contribution < 1.29 is 22.4 Å². The molecule has 0 atom stereocenters. The van der Waals surface area contributed by atoms with E-state index >= 15 is 0 Å². The molecule has 7 nitrogen and oxygen atoms in total. The maximum absolute atomic E-state index is 12.3. The second-order valence-corrected chi connectivity index (χ2v) is 7.76. The normalized spacial score (nSPS) is 11.4. The van der Waals surface area contributed by atoms with E-state index in [1.807, 2.05) is 30.3 Å². The second-order valence-electron chi connectivity index (χ2n) is 5.99. The number of carbonyl (C=O) groups excluding carboxylic acids is 1. The molecule has 0 fully saturated rings. The second kappa shape index (κ2) is 8.37. The van der Waals surface area contributed by atoms with Crippen LogP contribution in [0.1, 0.15) is 28.7 Å². The lowest BCUT2D eigenvalue weighted by Gasteiger charge is -2.07. The third-order valence-electron chi connectivity index (χ3n) is 3.97. The van der Waals surface area contributed by atoms with Gasteiger partial charge in [0.05, 0.1) is 10.5 Å². The first-order valence-electron chi connectivity index (χ1n) is 8.69. The average Bonchev–Trinajstić information content (AvgIpc) is 3.07. The molecule has 0 saturated heterocycles. The van der Waals surface area contributed by atoms with Crippen LogP contribution in [0.25, 0.3) is 11.5 Å². The Labute approximate surface area is 163 Å². The Kier molecular flexibility index (Phi) is 5.91. The minimum atomic E-state index is -3.65. The van der Waals surface area contributed by atoms with Crippen LogP contribution >= 0.6 is 0 Å². The first-order chi connectivity index (χ1) is 13.4. The monoisotopic (exact) mass is 400 g/mol. The summed E-state index contributed by atoms with van der Waals surface area (Å²) < 4.78 is 37.5. The van der Waals surface area contributed by atoms with Crippen molar-refractivity contribution in [3.63, 3.8) is 0 Å². The van der Waals surface area contributed by atoms with Gasteiger partial charge < -0.3 is 9.15 Å². The van der Waals surface area contributed by atoms with Gasteiger partial charge in [0.1, 0.15) is 18.1 Å². The zero-order valence-corrected chi connectivity index (χ0v) is 16.3. The Morgan fingerprint density at radius 3 is 2.61 bits per heavy atom. The van der Waals surface area contributed by atoms with Crippen molar-refractivity contribution in [1.29, 1.82) is 0 Å². The summed E-state index contributed by atoms with van der Waals surface area (Å²) in [5, 5.41) is 0. The van der Waals surface area contributed by atoms with Gasteiger partial charge in [-0.15, -0.1) is 0 Å². The topological polar surface area (TPSA) is 98.5 Å². The third-order valence-corrected chi connectivity index (χ3v) is 5.51. The Morgan fingerprint density at radius 2 is 1.89 bits per heavy atom. The van der Waals surface area contributed by atoms with Gasteiger partial charge in [0, 0.05) is 12.1 Å². The Morgan fingerprint density at radius 1 is 1.14 bits per heavy atom. The highest BCUT2D eigenvalue weighted by molar-refractivity contribution is 7.89. The van der Waals surface area contributed by atoms with E-state index in [0.29, 0.717) is 17.3 Å². The van der Waals surface area contributed by atoms with Crippen molar-refractivity contribution in [3.8, 4) is 11.5 Å². The molecule has 1 aromatic heterocycles. The van der Waals surface area contributed by atoms with Crippen molar-refractivity contribution in [1.82, 2.24) is 9.71 Å². The molecule has 28 heavy (non-hydrogen) atoms. The number of nitrogens with zero attached hydrogens (tertiary/aromatic N) is 1. The van der Waals surface area contributed by atoms with Crippen molar-refractivity contribution in [2.24, 2.45) is 0 Å². The fourth-order valence-electron chi connectivity index (χ4n) is 2.55. The maximum atomic E-state index is 12.3. The molecule has 0 bridgehead atoms. The van der Waals surface area contributed by atoms with Crippen LogP contribution in [0, 0.1) is 6.92 Å². The summed E-state index contributed by atoms with van der Waals surface area (Å²) in [4.78, 5) is 16.7. The van der Waals surface area contributed by atoms with E-state index in [1.54, 1.807) is 13.8 Å². The zero-order valence-electron chi connectivity index (χ0n) is 15.5. The number of benzene rings is 2. The molecule has 0 saturated carbocycles. The molecule has 3 rings (SSSR count). The Balaban J connectivity index is 1.72. The minimum absolute atomic E-state index is 0.00720. The SMILES string of the molecule is CCNS(=O)(=O)c1cccc(C(=O)OCc2nc(-c3ccccc3)oc2C)c1.